The zero-order chi connectivity index (χ0) is 21.5. The number of pyridine rings is 1. The molecule has 0 radical (unpaired) electrons. The van der Waals surface area contributed by atoms with Crippen LogP contribution in [0.4, 0.5) is 5.69 Å². The largest absolute Gasteiger partial charge is 0.491 e. The van der Waals surface area contributed by atoms with Crippen LogP contribution >= 0.6 is 11.3 Å². The number of benzene rings is 1. The highest BCUT2D eigenvalue weighted by Gasteiger charge is 2.28. The van der Waals surface area contributed by atoms with Crippen LogP contribution < -0.4 is 21.1 Å². The summed E-state index contributed by atoms with van der Waals surface area (Å²) in [5.41, 5.74) is 9.77. The number of aromatic nitrogens is 1. The number of anilines is 1. The number of fused-ring (bicyclic) bond motifs is 2. The van der Waals surface area contributed by atoms with Crippen LogP contribution in [0.15, 0.2) is 30.3 Å². The Morgan fingerprint density at radius 2 is 2.23 bits per heavy atom. The molecule has 2 aliphatic rings. The Bertz CT molecular complexity index is 1150. The minimum atomic E-state index is -0.382. The molecule has 1 aromatic carbocycles. The number of thiophene rings is 1. The van der Waals surface area contributed by atoms with Gasteiger partial charge in [-0.25, -0.2) is 4.98 Å². The number of aliphatic hydroxyl groups is 1. The first-order chi connectivity index (χ1) is 15.0. The second-order valence-electron chi connectivity index (χ2n) is 8.37. The Morgan fingerprint density at radius 1 is 1.35 bits per heavy atom. The first kappa shape index (κ1) is 20.2. The Kier molecular flexibility index (Phi) is 5.29. The number of ether oxygens (including phenoxy) is 1. The number of piperidine rings is 1. The van der Waals surface area contributed by atoms with Gasteiger partial charge in [-0.3, -0.25) is 4.79 Å². The summed E-state index contributed by atoms with van der Waals surface area (Å²) < 4.78 is 5.99. The van der Waals surface area contributed by atoms with Crippen molar-refractivity contribution in [3.63, 3.8) is 0 Å². The van der Waals surface area contributed by atoms with Crippen LogP contribution in [0, 0.1) is 6.92 Å². The minimum absolute atomic E-state index is 0.126. The Balaban J connectivity index is 1.30. The topological polar surface area (TPSA) is 110 Å². The maximum absolute atomic E-state index is 12.9. The lowest BCUT2D eigenvalue weighted by Crippen LogP contribution is -2.42. The normalized spacial score (nSPS) is 23.2. The highest BCUT2D eigenvalue weighted by molar-refractivity contribution is 7.21. The number of aryl methyl sites for hydroxylation is 1. The van der Waals surface area contributed by atoms with E-state index in [1.165, 1.54) is 11.3 Å². The molecular formula is C23H26N4O3S. The number of aliphatic hydroxyl groups excluding tert-OH is 1. The standard InChI is InChI=1S/C23H26N4O3S/c1-12-2-5-17-20(24)21(31-23(17)26-12)22(29)27-15-8-14-4-3-13(9-19(14)30-11-15)16-6-7-25-10-18(16)28/h2-5,9,15-16,18,25,28H,6-8,10-11,24H2,1H3,(H,27,29)/t15-,16-,18-/m1/s1. The van der Waals surface area contributed by atoms with Crippen molar-refractivity contribution in [1.29, 1.82) is 0 Å². The molecule has 0 bridgehead atoms. The van der Waals surface area contributed by atoms with Crippen molar-refractivity contribution >= 4 is 33.1 Å². The third-order valence-corrected chi connectivity index (χ3v) is 7.26. The molecule has 0 unspecified atom stereocenters. The molecule has 1 saturated heterocycles. The molecule has 5 N–H and O–H groups in total. The number of hydrogen-bond acceptors (Lipinski definition) is 7. The van der Waals surface area contributed by atoms with Crippen molar-refractivity contribution in [3.05, 3.63) is 52.0 Å². The zero-order valence-corrected chi connectivity index (χ0v) is 18.2. The molecule has 1 fully saturated rings. The van der Waals surface area contributed by atoms with E-state index in [0.29, 0.717) is 30.1 Å². The van der Waals surface area contributed by atoms with E-state index in [1.807, 2.05) is 25.1 Å². The first-order valence-corrected chi connectivity index (χ1v) is 11.4. The van der Waals surface area contributed by atoms with Crippen LogP contribution in [-0.2, 0) is 6.42 Å². The summed E-state index contributed by atoms with van der Waals surface area (Å²) in [6.07, 6.45) is 1.22. The van der Waals surface area contributed by atoms with Gasteiger partial charge in [0.15, 0.2) is 0 Å². The maximum Gasteiger partial charge on any atom is 0.263 e. The predicted molar refractivity (Wildman–Crippen MR) is 122 cm³/mol. The van der Waals surface area contributed by atoms with E-state index in [9.17, 15) is 9.90 Å². The summed E-state index contributed by atoms with van der Waals surface area (Å²) in [6.45, 7) is 3.85. The number of nitrogens with zero attached hydrogens (tertiary/aromatic N) is 1. The van der Waals surface area contributed by atoms with Gasteiger partial charge >= 0.3 is 0 Å². The quantitative estimate of drug-likeness (QED) is 0.500. The number of hydrogen-bond donors (Lipinski definition) is 4. The van der Waals surface area contributed by atoms with Crippen LogP contribution in [0.5, 0.6) is 5.75 Å². The van der Waals surface area contributed by atoms with Gasteiger partial charge < -0.3 is 26.2 Å². The van der Waals surface area contributed by atoms with Crippen molar-refractivity contribution in [2.45, 2.75) is 37.8 Å². The molecule has 8 heteroatoms. The molecule has 7 nitrogen and oxygen atoms in total. The Labute approximate surface area is 184 Å². The van der Waals surface area contributed by atoms with E-state index in [0.717, 1.165) is 45.8 Å². The maximum atomic E-state index is 12.9. The van der Waals surface area contributed by atoms with Crippen molar-refractivity contribution < 1.29 is 14.6 Å². The molecule has 2 aliphatic heterocycles. The van der Waals surface area contributed by atoms with Crippen LogP contribution in [0.25, 0.3) is 10.2 Å². The first-order valence-electron chi connectivity index (χ1n) is 10.6. The number of rotatable bonds is 3. The molecule has 5 rings (SSSR count). The third kappa shape index (κ3) is 3.86. The smallest absolute Gasteiger partial charge is 0.263 e. The second-order valence-corrected chi connectivity index (χ2v) is 9.37. The van der Waals surface area contributed by atoms with Crippen LogP contribution in [-0.4, -0.2) is 47.8 Å². The van der Waals surface area contributed by atoms with Crippen molar-refractivity contribution in [3.8, 4) is 5.75 Å². The van der Waals surface area contributed by atoms with Crippen molar-refractivity contribution in [2.24, 2.45) is 0 Å². The summed E-state index contributed by atoms with van der Waals surface area (Å²) in [5.74, 6) is 0.778. The third-order valence-electron chi connectivity index (χ3n) is 6.15. The molecule has 3 aromatic rings. The minimum Gasteiger partial charge on any atom is -0.491 e. The van der Waals surface area contributed by atoms with Crippen molar-refractivity contribution in [2.75, 3.05) is 25.4 Å². The van der Waals surface area contributed by atoms with Gasteiger partial charge in [0.1, 0.15) is 22.1 Å². The summed E-state index contributed by atoms with van der Waals surface area (Å²) in [4.78, 5) is 18.7. The van der Waals surface area contributed by atoms with Gasteiger partial charge in [-0.2, -0.15) is 0 Å². The Morgan fingerprint density at radius 3 is 3.06 bits per heavy atom. The fraction of sp³-hybridized carbons (Fsp3) is 0.391. The molecule has 3 atom stereocenters. The molecule has 162 valence electrons. The summed E-state index contributed by atoms with van der Waals surface area (Å²) in [6, 6.07) is 9.86. The Hall–Kier alpha value is -2.68. The molecule has 1 amide bonds. The number of nitrogens with two attached hydrogens (primary N) is 1. The number of β-amino-alcohol motifs (C(OH)–C–C–N with tert-alkyl or cyclic N) is 1. The van der Waals surface area contributed by atoms with E-state index >= 15 is 0 Å². The fourth-order valence-corrected chi connectivity index (χ4v) is 5.49. The van der Waals surface area contributed by atoms with E-state index in [-0.39, 0.29) is 24.0 Å². The van der Waals surface area contributed by atoms with Gasteiger partial charge in [0.25, 0.3) is 5.91 Å². The molecule has 2 aromatic heterocycles. The molecule has 0 spiro atoms. The van der Waals surface area contributed by atoms with Crippen LogP contribution in [0.3, 0.4) is 0 Å². The molecular weight excluding hydrogens is 412 g/mol. The van der Waals surface area contributed by atoms with Crippen LogP contribution in [0.2, 0.25) is 0 Å². The van der Waals surface area contributed by atoms with Crippen molar-refractivity contribution in [1.82, 2.24) is 15.6 Å². The summed E-state index contributed by atoms with van der Waals surface area (Å²) >= 11 is 1.32. The van der Waals surface area contributed by atoms with Gasteiger partial charge in [-0.15, -0.1) is 11.3 Å². The number of amides is 1. The highest BCUT2D eigenvalue weighted by Crippen LogP contribution is 2.34. The lowest BCUT2D eigenvalue weighted by molar-refractivity contribution is 0.0919. The van der Waals surface area contributed by atoms with Gasteiger partial charge in [0.2, 0.25) is 0 Å². The summed E-state index contributed by atoms with van der Waals surface area (Å²) in [7, 11) is 0. The molecule has 31 heavy (non-hydrogen) atoms. The SMILES string of the molecule is Cc1ccc2c(N)c(C(=O)N[C@H]3COc4cc([C@H]5CCNC[C@H]5O)ccc4C3)sc2n1. The second kappa shape index (κ2) is 8.11. The zero-order valence-electron chi connectivity index (χ0n) is 17.4. The summed E-state index contributed by atoms with van der Waals surface area (Å²) in [5, 5.41) is 17.4. The number of carbonyl (C=O) groups is 1. The lowest BCUT2D eigenvalue weighted by atomic mass is 9.86. The van der Waals surface area contributed by atoms with E-state index < -0.39 is 0 Å². The van der Waals surface area contributed by atoms with Gasteiger partial charge in [-0.1, -0.05) is 12.1 Å². The molecule has 4 heterocycles. The number of nitrogen functional groups attached to an aromatic ring is 1. The van der Waals surface area contributed by atoms with E-state index in [1.54, 1.807) is 0 Å². The van der Waals surface area contributed by atoms with E-state index in [2.05, 4.69) is 27.8 Å². The monoisotopic (exact) mass is 438 g/mol. The van der Waals surface area contributed by atoms with Crippen LogP contribution in [0.1, 0.15) is 38.8 Å². The average Bonchev–Trinajstić information content (AvgIpc) is 3.09. The fourth-order valence-electron chi connectivity index (χ4n) is 4.45. The molecule has 0 saturated carbocycles. The van der Waals surface area contributed by atoms with E-state index in [4.69, 9.17) is 10.5 Å². The van der Waals surface area contributed by atoms with Gasteiger partial charge in [0, 0.05) is 23.5 Å². The van der Waals surface area contributed by atoms with Gasteiger partial charge in [0.05, 0.1) is 17.8 Å². The predicted octanol–water partition coefficient (Wildman–Crippen LogP) is 2.36. The average molecular weight is 439 g/mol. The molecule has 0 aliphatic carbocycles. The lowest BCUT2D eigenvalue weighted by Gasteiger charge is -2.31. The highest BCUT2D eigenvalue weighted by atomic mass is 32.1. The number of carbonyl (C=O) groups excluding carboxylic acids is 1. The number of nitrogens with one attached hydrogen (secondary N) is 2. The van der Waals surface area contributed by atoms with Gasteiger partial charge in [-0.05, 0) is 55.6 Å².